The molecule has 3 heteroatoms. The van der Waals surface area contributed by atoms with Crippen molar-refractivity contribution in [3.8, 4) is 0 Å². The molecule has 0 aromatic carbocycles. The van der Waals surface area contributed by atoms with Gasteiger partial charge in [-0.15, -0.1) is 0 Å². The van der Waals surface area contributed by atoms with Gasteiger partial charge in [0.15, 0.2) is 5.78 Å². The Labute approximate surface area is 96.8 Å². The van der Waals surface area contributed by atoms with Crippen molar-refractivity contribution in [2.24, 2.45) is 5.41 Å². The second kappa shape index (κ2) is 5.21. The average Bonchev–Trinajstić information content (AvgIpc) is 2.17. The molecule has 3 nitrogen and oxygen atoms in total. The molecular formula is C13H19NO2. The first kappa shape index (κ1) is 12.8. The Morgan fingerprint density at radius 3 is 2.38 bits per heavy atom. The molecule has 1 heterocycles. The van der Waals surface area contributed by atoms with Crippen LogP contribution in [0.25, 0.3) is 0 Å². The van der Waals surface area contributed by atoms with E-state index in [0.29, 0.717) is 6.42 Å². The summed E-state index contributed by atoms with van der Waals surface area (Å²) in [5.74, 6) is 0.112. The smallest absolute Gasteiger partial charge is 0.166 e. The van der Waals surface area contributed by atoms with Crippen LogP contribution < -0.4 is 0 Å². The number of pyridine rings is 1. The first-order valence-corrected chi connectivity index (χ1v) is 5.39. The van der Waals surface area contributed by atoms with E-state index in [-0.39, 0.29) is 17.3 Å². The second-order valence-corrected chi connectivity index (χ2v) is 4.98. The van der Waals surface area contributed by atoms with E-state index in [1.807, 2.05) is 32.9 Å². The monoisotopic (exact) mass is 221 g/mol. The average molecular weight is 221 g/mol. The van der Waals surface area contributed by atoms with Crippen molar-refractivity contribution in [3.05, 3.63) is 30.1 Å². The zero-order valence-corrected chi connectivity index (χ0v) is 10.4. The minimum absolute atomic E-state index is 0.112. The summed E-state index contributed by atoms with van der Waals surface area (Å²) in [6.45, 7) is 6.02. The van der Waals surface area contributed by atoms with E-state index in [1.165, 1.54) is 0 Å². The predicted molar refractivity (Wildman–Crippen MR) is 63.2 cm³/mol. The highest BCUT2D eigenvalue weighted by molar-refractivity contribution is 5.85. The third-order valence-electron chi connectivity index (χ3n) is 2.44. The maximum Gasteiger partial charge on any atom is 0.166 e. The Hall–Kier alpha value is -1.22. The fraction of sp³-hybridized carbons (Fsp3) is 0.538. The largest absolute Gasteiger partial charge is 0.373 e. The molecule has 0 saturated heterocycles. The summed E-state index contributed by atoms with van der Waals surface area (Å²) in [4.78, 5) is 16.0. The highest BCUT2D eigenvalue weighted by Crippen LogP contribution is 2.23. The van der Waals surface area contributed by atoms with Crippen molar-refractivity contribution in [2.45, 2.75) is 33.3 Å². The lowest BCUT2D eigenvalue weighted by atomic mass is 9.85. The molecule has 1 atom stereocenters. The standard InChI is InChI=1S/C13H19NO2/c1-13(2,3)12(16-4)11(15)9-10-5-7-14-8-6-10/h5-8,12H,9H2,1-4H3. The molecule has 1 unspecified atom stereocenters. The maximum atomic E-state index is 12.0. The molecule has 88 valence electrons. The lowest BCUT2D eigenvalue weighted by Gasteiger charge is -2.28. The first-order chi connectivity index (χ1) is 7.45. The molecule has 16 heavy (non-hydrogen) atoms. The summed E-state index contributed by atoms with van der Waals surface area (Å²) in [6.07, 6.45) is 3.43. The van der Waals surface area contributed by atoms with Crippen LogP contribution in [0.2, 0.25) is 0 Å². The van der Waals surface area contributed by atoms with Crippen LogP contribution in [0.1, 0.15) is 26.3 Å². The Kier molecular flexibility index (Phi) is 4.19. The summed E-state index contributed by atoms with van der Waals surface area (Å²) < 4.78 is 5.28. The van der Waals surface area contributed by atoms with Gasteiger partial charge in [-0.1, -0.05) is 20.8 Å². The van der Waals surface area contributed by atoms with Crippen molar-refractivity contribution in [1.82, 2.24) is 4.98 Å². The van der Waals surface area contributed by atoms with Gasteiger partial charge in [0.2, 0.25) is 0 Å². The van der Waals surface area contributed by atoms with Gasteiger partial charge in [0.1, 0.15) is 6.10 Å². The molecule has 0 aliphatic rings. The summed E-state index contributed by atoms with van der Waals surface area (Å²) in [7, 11) is 1.58. The Morgan fingerprint density at radius 2 is 1.94 bits per heavy atom. The molecule has 1 aromatic heterocycles. The van der Waals surface area contributed by atoms with Crippen LogP contribution in [0, 0.1) is 5.41 Å². The molecule has 0 bridgehead atoms. The number of carbonyl (C=O) groups excluding carboxylic acids is 1. The Morgan fingerprint density at radius 1 is 1.38 bits per heavy atom. The molecule has 0 spiro atoms. The molecule has 1 aromatic rings. The van der Waals surface area contributed by atoms with Crippen molar-refractivity contribution >= 4 is 5.78 Å². The van der Waals surface area contributed by atoms with Gasteiger partial charge in [0.25, 0.3) is 0 Å². The normalized spacial score (nSPS) is 13.5. The molecular weight excluding hydrogens is 202 g/mol. The number of ketones is 1. The van der Waals surface area contributed by atoms with Gasteiger partial charge in [-0.05, 0) is 23.1 Å². The van der Waals surface area contributed by atoms with Crippen LogP contribution in [-0.2, 0) is 16.0 Å². The third-order valence-corrected chi connectivity index (χ3v) is 2.44. The van der Waals surface area contributed by atoms with Crippen LogP contribution in [0.3, 0.4) is 0 Å². The van der Waals surface area contributed by atoms with Gasteiger partial charge in [-0.3, -0.25) is 9.78 Å². The Balaban J connectivity index is 2.71. The van der Waals surface area contributed by atoms with Crippen molar-refractivity contribution in [1.29, 1.82) is 0 Å². The van der Waals surface area contributed by atoms with E-state index in [4.69, 9.17) is 4.74 Å². The lowest BCUT2D eigenvalue weighted by Crippen LogP contribution is -2.37. The number of nitrogens with zero attached hydrogens (tertiary/aromatic N) is 1. The number of aromatic nitrogens is 1. The number of hydrogen-bond donors (Lipinski definition) is 0. The number of hydrogen-bond acceptors (Lipinski definition) is 3. The van der Waals surface area contributed by atoms with Gasteiger partial charge >= 0.3 is 0 Å². The van der Waals surface area contributed by atoms with E-state index >= 15 is 0 Å². The van der Waals surface area contributed by atoms with Gasteiger partial charge in [0.05, 0.1) is 0 Å². The van der Waals surface area contributed by atoms with Gasteiger partial charge in [-0.25, -0.2) is 0 Å². The number of Topliss-reactive ketones (excluding diaryl/α,β-unsaturated/α-hetero) is 1. The second-order valence-electron chi connectivity index (χ2n) is 4.98. The zero-order chi connectivity index (χ0) is 12.2. The molecule has 0 aliphatic carbocycles. The lowest BCUT2D eigenvalue weighted by molar-refractivity contribution is -0.134. The zero-order valence-electron chi connectivity index (χ0n) is 10.4. The highest BCUT2D eigenvalue weighted by atomic mass is 16.5. The Bertz CT molecular complexity index is 341. The fourth-order valence-electron chi connectivity index (χ4n) is 1.76. The van der Waals surface area contributed by atoms with Crippen LogP contribution in [0.15, 0.2) is 24.5 Å². The van der Waals surface area contributed by atoms with Crippen LogP contribution in [0.4, 0.5) is 0 Å². The maximum absolute atomic E-state index is 12.0. The molecule has 0 amide bonds. The fourth-order valence-corrected chi connectivity index (χ4v) is 1.76. The van der Waals surface area contributed by atoms with E-state index in [1.54, 1.807) is 19.5 Å². The minimum atomic E-state index is -0.360. The molecule has 0 N–H and O–H groups in total. The topological polar surface area (TPSA) is 39.2 Å². The number of rotatable bonds is 4. The SMILES string of the molecule is COC(C(=O)Cc1ccncc1)C(C)(C)C. The molecule has 0 saturated carbocycles. The summed E-state index contributed by atoms with van der Waals surface area (Å²) >= 11 is 0. The van der Waals surface area contributed by atoms with Crippen molar-refractivity contribution in [2.75, 3.05) is 7.11 Å². The van der Waals surface area contributed by atoms with Crippen molar-refractivity contribution < 1.29 is 9.53 Å². The quantitative estimate of drug-likeness (QED) is 0.782. The van der Waals surface area contributed by atoms with E-state index in [2.05, 4.69) is 4.98 Å². The van der Waals surface area contributed by atoms with E-state index < -0.39 is 0 Å². The first-order valence-electron chi connectivity index (χ1n) is 5.39. The number of methoxy groups -OCH3 is 1. The summed E-state index contributed by atoms with van der Waals surface area (Å²) in [6, 6.07) is 3.71. The molecule has 0 aliphatic heterocycles. The van der Waals surface area contributed by atoms with Gasteiger partial charge < -0.3 is 4.74 Å². The third kappa shape index (κ3) is 3.42. The van der Waals surface area contributed by atoms with Crippen LogP contribution >= 0.6 is 0 Å². The molecule has 0 fully saturated rings. The molecule has 1 rings (SSSR count). The summed E-state index contributed by atoms with van der Waals surface area (Å²) in [5.41, 5.74) is 0.810. The van der Waals surface area contributed by atoms with Gasteiger partial charge in [0, 0.05) is 25.9 Å². The predicted octanol–water partition coefficient (Wildman–Crippen LogP) is 2.25. The molecule has 0 radical (unpaired) electrons. The van der Waals surface area contributed by atoms with Crippen molar-refractivity contribution in [3.63, 3.8) is 0 Å². The van der Waals surface area contributed by atoms with Crippen LogP contribution in [-0.4, -0.2) is 24.0 Å². The number of carbonyl (C=O) groups is 1. The minimum Gasteiger partial charge on any atom is -0.373 e. The summed E-state index contributed by atoms with van der Waals surface area (Å²) in [5, 5.41) is 0. The van der Waals surface area contributed by atoms with Gasteiger partial charge in [-0.2, -0.15) is 0 Å². The van der Waals surface area contributed by atoms with E-state index in [9.17, 15) is 4.79 Å². The number of ether oxygens (including phenoxy) is 1. The van der Waals surface area contributed by atoms with Crippen LogP contribution in [0.5, 0.6) is 0 Å². The highest BCUT2D eigenvalue weighted by Gasteiger charge is 2.30. The van der Waals surface area contributed by atoms with E-state index in [0.717, 1.165) is 5.56 Å².